The quantitative estimate of drug-likeness (QED) is 0.695. The Kier molecular flexibility index (Phi) is 7.24. The molecule has 1 aromatic heterocycles. The van der Waals surface area contributed by atoms with Gasteiger partial charge in [-0.3, -0.25) is 4.79 Å². The van der Waals surface area contributed by atoms with Crippen LogP contribution >= 0.6 is 11.6 Å². The zero-order valence-corrected chi connectivity index (χ0v) is 18.5. The molecule has 1 unspecified atom stereocenters. The highest BCUT2D eigenvalue weighted by Crippen LogP contribution is 2.33. The van der Waals surface area contributed by atoms with Crippen molar-refractivity contribution in [2.24, 2.45) is 0 Å². The third-order valence-corrected chi connectivity index (χ3v) is 5.66. The first-order valence-corrected chi connectivity index (χ1v) is 11.8. The van der Waals surface area contributed by atoms with Gasteiger partial charge in [-0.1, -0.05) is 29.8 Å². The fourth-order valence-corrected chi connectivity index (χ4v) is 3.86. The van der Waals surface area contributed by atoms with Gasteiger partial charge in [-0.05, 0) is 18.6 Å². The highest BCUT2D eigenvalue weighted by Gasteiger charge is 2.28. The number of halogens is 2. The molecule has 1 amide bonds. The maximum Gasteiger partial charge on any atom is 0.271 e. The van der Waals surface area contributed by atoms with Crippen LogP contribution in [0.2, 0.25) is 5.02 Å². The number of amides is 1. The predicted molar refractivity (Wildman–Crippen MR) is 115 cm³/mol. The van der Waals surface area contributed by atoms with Gasteiger partial charge < -0.3 is 15.0 Å². The van der Waals surface area contributed by atoms with Crippen molar-refractivity contribution < 1.29 is 22.3 Å². The van der Waals surface area contributed by atoms with Crippen LogP contribution in [0.4, 0.5) is 10.2 Å². The van der Waals surface area contributed by atoms with E-state index in [1.54, 1.807) is 19.1 Å². The van der Waals surface area contributed by atoms with Crippen LogP contribution in [0.1, 0.15) is 29.0 Å². The van der Waals surface area contributed by atoms with Crippen LogP contribution in [0.25, 0.3) is 0 Å². The first-order chi connectivity index (χ1) is 14.7. The van der Waals surface area contributed by atoms with Gasteiger partial charge in [-0.15, -0.1) is 0 Å². The summed E-state index contributed by atoms with van der Waals surface area (Å²) in [4.78, 5) is 22.8. The van der Waals surface area contributed by atoms with E-state index >= 15 is 0 Å². The van der Waals surface area contributed by atoms with Crippen molar-refractivity contribution in [1.82, 2.24) is 15.3 Å². The van der Waals surface area contributed by atoms with Gasteiger partial charge in [-0.25, -0.2) is 22.8 Å². The number of carbonyl (C=O) groups is 1. The number of anilines is 1. The maximum atomic E-state index is 13.9. The third-order valence-electron chi connectivity index (χ3n) is 4.61. The Bertz CT molecular complexity index is 1080. The van der Waals surface area contributed by atoms with Crippen LogP contribution in [0, 0.1) is 5.82 Å². The van der Waals surface area contributed by atoms with Crippen LogP contribution in [0.3, 0.4) is 0 Å². The lowest BCUT2D eigenvalue weighted by atomic mass is 10.0. The maximum absolute atomic E-state index is 13.9. The normalized spacial score (nSPS) is 18.2. The van der Waals surface area contributed by atoms with Gasteiger partial charge in [0.25, 0.3) is 5.91 Å². The van der Waals surface area contributed by atoms with E-state index in [0.717, 1.165) is 11.7 Å². The first kappa shape index (κ1) is 23.1. The number of benzene rings is 1. The standard InChI is InChI=1S/C20H22ClFN4O4S/c1-13(6-9-31(2,28)29)25-20(27)16-10-24-18(11-23-16)26-7-8-30-12-17(26)14-4-3-5-15(22)19(14)21/h3-6,9-11,13,17H,7-8,12H2,1-2H3,(H,25,27)/b9-6+/t13-,17?/m1/s1. The highest BCUT2D eigenvalue weighted by molar-refractivity contribution is 7.93. The summed E-state index contributed by atoms with van der Waals surface area (Å²) >= 11 is 6.16. The summed E-state index contributed by atoms with van der Waals surface area (Å²) in [5.41, 5.74) is 0.661. The number of aromatic nitrogens is 2. The number of nitrogens with one attached hydrogen (secondary N) is 1. The van der Waals surface area contributed by atoms with Gasteiger partial charge in [0.1, 0.15) is 17.3 Å². The Labute approximate surface area is 185 Å². The lowest BCUT2D eigenvalue weighted by Crippen LogP contribution is -2.40. The van der Waals surface area contributed by atoms with Gasteiger partial charge >= 0.3 is 0 Å². The molecule has 31 heavy (non-hydrogen) atoms. The molecule has 3 rings (SSSR count). The molecule has 0 bridgehead atoms. The molecule has 2 aromatic rings. The second-order valence-electron chi connectivity index (χ2n) is 7.11. The van der Waals surface area contributed by atoms with Crippen molar-refractivity contribution in [3.05, 3.63) is 64.2 Å². The summed E-state index contributed by atoms with van der Waals surface area (Å²) in [7, 11) is -3.28. The number of nitrogens with zero attached hydrogens (tertiary/aromatic N) is 3. The van der Waals surface area contributed by atoms with Gasteiger partial charge in [0.05, 0.1) is 36.7 Å². The van der Waals surface area contributed by atoms with Crippen molar-refractivity contribution >= 4 is 33.2 Å². The molecule has 0 radical (unpaired) electrons. The SMILES string of the molecule is C[C@H](/C=C/S(C)(=O)=O)NC(=O)c1cnc(N2CCOCC2c2cccc(F)c2Cl)cn1. The Morgan fingerprint density at radius 3 is 2.84 bits per heavy atom. The molecule has 0 spiro atoms. The van der Waals surface area contributed by atoms with Crippen molar-refractivity contribution in [3.63, 3.8) is 0 Å². The Morgan fingerprint density at radius 1 is 1.39 bits per heavy atom. The molecule has 1 aliphatic rings. The molecule has 2 heterocycles. The molecule has 8 nitrogen and oxygen atoms in total. The summed E-state index contributed by atoms with van der Waals surface area (Å²) in [6.07, 6.45) is 5.23. The smallest absolute Gasteiger partial charge is 0.271 e. The molecule has 11 heteroatoms. The molecule has 0 aliphatic carbocycles. The second kappa shape index (κ2) is 9.71. The molecule has 1 aliphatic heterocycles. The molecule has 0 saturated carbocycles. The molecule has 2 atom stereocenters. The topological polar surface area (TPSA) is 101 Å². The number of rotatable bonds is 6. The van der Waals surface area contributed by atoms with Crippen LogP contribution < -0.4 is 10.2 Å². The van der Waals surface area contributed by atoms with E-state index in [0.29, 0.717) is 31.1 Å². The largest absolute Gasteiger partial charge is 0.377 e. The van der Waals surface area contributed by atoms with E-state index in [2.05, 4.69) is 15.3 Å². The monoisotopic (exact) mass is 468 g/mol. The number of ether oxygens (including phenoxy) is 1. The Balaban J connectivity index is 1.75. The summed E-state index contributed by atoms with van der Waals surface area (Å²) < 4.78 is 41.8. The zero-order valence-electron chi connectivity index (χ0n) is 17.0. The van der Waals surface area contributed by atoms with Crippen molar-refractivity contribution in [2.45, 2.75) is 19.0 Å². The number of hydrogen-bond acceptors (Lipinski definition) is 7. The van der Waals surface area contributed by atoms with E-state index in [9.17, 15) is 17.6 Å². The summed E-state index contributed by atoms with van der Waals surface area (Å²) in [6, 6.07) is 3.74. The Morgan fingerprint density at radius 2 is 2.16 bits per heavy atom. The molecule has 1 fully saturated rings. The molecule has 166 valence electrons. The molecular formula is C20H22ClFN4O4S. The molecular weight excluding hydrogens is 447 g/mol. The van der Waals surface area contributed by atoms with Gasteiger partial charge in [0.15, 0.2) is 9.84 Å². The molecule has 1 N–H and O–H groups in total. The number of sulfone groups is 1. The number of carbonyl (C=O) groups excluding carboxylic acids is 1. The van der Waals surface area contributed by atoms with Gasteiger partial charge in [0, 0.05) is 24.3 Å². The van der Waals surface area contributed by atoms with Crippen molar-refractivity contribution in [2.75, 3.05) is 30.9 Å². The summed E-state index contributed by atoms with van der Waals surface area (Å²) in [5, 5.41) is 3.69. The van der Waals surface area contributed by atoms with Crippen LogP contribution in [0.15, 0.2) is 42.1 Å². The van der Waals surface area contributed by atoms with Gasteiger partial charge in [0.2, 0.25) is 0 Å². The average Bonchev–Trinajstić information content (AvgIpc) is 2.74. The van der Waals surface area contributed by atoms with Gasteiger partial charge in [-0.2, -0.15) is 0 Å². The van der Waals surface area contributed by atoms with E-state index < -0.39 is 27.6 Å². The summed E-state index contributed by atoms with van der Waals surface area (Å²) in [6.45, 7) is 2.89. The second-order valence-corrected chi connectivity index (χ2v) is 9.42. The van der Waals surface area contributed by atoms with Crippen molar-refractivity contribution in [3.8, 4) is 0 Å². The number of morpholine rings is 1. The fraction of sp³-hybridized carbons (Fsp3) is 0.350. The van der Waals surface area contributed by atoms with Crippen molar-refractivity contribution in [1.29, 1.82) is 0 Å². The highest BCUT2D eigenvalue weighted by atomic mass is 35.5. The number of hydrogen-bond donors (Lipinski definition) is 1. The third kappa shape index (κ3) is 5.99. The van der Waals surface area contributed by atoms with Crippen LogP contribution in [0.5, 0.6) is 0 Å². The predicted octanol–water partition coefficient (Wildman–Crippen LogP) is 2.52. The first-order valence-electron chi connectivity index (χ1n) is 9.45. The van der Waals surface area contributed by atoms with E-state index in [1.165, 1.54) is 24.5 Å². The minimum atomic E-state index is -3.28. The van der Waals surface area contributed by atoms with E-state index in [-0.39, 0.29) is 16.8 Å². The lowest BCUT2D eigenvalue weighted by Gasteiger charge is -2.37. The lowest BCUT2D eigenvalue weighted by molar-refractivity contribution is 0.0930. The van der Waals surface area contributed by atoms with E-state index in [4.69, 9.17) is 16.3 Å². The molecule has 1 aromatic carbocycles. The fourth-order valence-electron chi connectivity index (χ4n) is 3.09. The average molecular weight is 469 g/mol. The van der Waals surface area contributed by atoms with E-state index in [1.807, 2.05) is 4.90 Å². The molecule has 1 saturated heterocycles. The zero-order chi connectivity index (χ0) is 22.6. The minimum absolute atomic E-state index is 0.0306. The van der Waals surface area contributed by atoms with Crippen LogP contribution in [-0.2, 0) is 14.6 Å². The minimum Gasteiger partial charge on any atom is -0.377 e. The Hall–Kier alpha value is -2.56. The van der Waals surface area contributed by atoms with Crippen LogP contribution in [-0.4, -0.2) is 56.3 Å². The summed E-state index contributed by atoms with van der Waals surface area (Å²) in [5.74, 6) is -0.506.